The fraction of sp³-hybridized carbons (Fsp3) is 0.206. The van der Waals surface area contributed by atoms with Gasteiger partial charge in [0.05, 0.1) is 16.1 Å². The van der Waals surface area contributed by atoms with Crippen LogP contribution in [0.4, 0.5) is 0 Å². The standard InChI is InChI=1S/C34H29N3S/c1-22-32(24-13-7-3-8-14-24)36-34(25-15-9-4-10-16-25)37-33(22)28-20-35-21-30-31(28)27-19-26(17-18-29(27)38-30)23-11-5-2-6-12-23/h3-4,7-10,13-21,23H,2,5-6,11-12H2,1H3. The van der Waals surface area contributed by atoms with Crippen LogP contribution in [-0.2, 0) is 0 Å². The molecule has 7 rings (SSSR count). The van der Waals surface area contributed by atoms with Crippen molar-refractivity contribution < 1.29 is 0 Å². The lowest BCUT2D eigenvalue weighted by Crippen LogP contribution is -2.04. The van der Waals surface area contributed by atoms with Crippen molar-refractivity contribution in [2.24, 2.45) is 0 Å². The molecule has 0 unspecified atom stereocenters. The average Bonchev–Trinajstić information content (AvgIpc) is 3.37. The Hall–Kier alpha value is -3.89. The molecule has 0 N–H and O–H groups in total. The summed E-state index contributed by atoms with van der Waals surface area (Å²) in [5.41, 5.74) is 7.68. The van der Waals surface area contributed by atoms with E-state index in [0.717, 1.165) is 39.5 Å². The van der Waals surface area contributed by atoms with Crippen molar-refractivity contribution in [1.82, 2.24) is 15.0 Å². The smallest absolute Gasteiger partial charge is 0.160 e. The number of benzene rings is 3. The summed E-state index contributed by atoms with van der Waals surface area (Å²) in [6, 6.07) is 27.9. The van der Waals surface area contributed by atoms with Crippen molar-refractivity contribution >= 4 is 31.5 Å². The van der Waals surface area contributed by atoms with E-state index >= 15 is 0 Å². The first kappa shape index (κ1) is 23.2. The fourth-order valence-electron chi connectivity index (χ4n) is 5.99. The quantitative estimate of drug-likeness (QED) is 0.236. The zero-order valence-corrected chi connectivity index (χ0v) is 22.3. The van der Waals surface area contributed by atoms with Gasteiger partial charge in [0, 0.05) is 50.1 Å². The molecule has 1 fully saturated rings. The third-order valence-electron chi connectivity index (χ3n) is 7.96. The van der Waals surface area contributed by atoms with E-state index in [1.54, 1.807) is 0 Å². The number of hydrogen-bond acceptors (Lipinski definition) is 4. The van der Waals surface area contributed by atoms with Gasteiger partial charge in [-0.3, -0.25) is 4.98 Å². The maximum atomic E-state index is 5.20. The Bertz CT molecular complexity index is 1750. The zero-order chi connectivity index (χ0) is 25.5. The van der Waals surface area contributed by atoms with Gasteiger partial charge >= 0.3 is 0 Å². The highest BCUT2D eigenvalue weighted by atomic mass is 32.1. The minimum Gasteiger partial charge on any atom is -0.263 e. The van der Waals surface area contributed by atoms with Crippen LogP contribution in [-0.4, -0.2) is 15.0 Å². The molecule has 1 saturated carbocycles. The molecular formula is C34H29N3S. The van der Waals surface area contributed by atoms with E-state index in [-0.39, 0.29) is 0 Å². The Labute approximate surface area is 227 Å². The largest absolute Gasteiger partial charge is 0.263 e. The van der Waals surface area contributed by atoms with E-state index in [1.165, 1.54) is 57.8 Å². The molecule has 6 aromatic rings. The number of fused-ring (bicyclic) bond motifs is 3. The summed E-state index contributed by atoms with van der Waals surface area (Å²) in [5, 5.41) is 2.59. The summed E-state index contributed by atoms with van der Waals surface area (Å²) in [6.45, 7) is 2.15. The summed E-state index contributed by atoms with van der Waals surface area (Å²) in [7, 11) is 0. The number of aromatic nitrogens is 3. The van der Waals surface area contributed by atoms with Gasteiger partial charge in [0.25, 0.3) is 0 Å². The molecule has 0 bridgehead atoms. The predicted octanol–water partition coefficient (Wildman–Crippen LogP) is 9.60. The monoisotopic (exact) mass is 511 g/mol. The van der Waals surface area contributed by atoms with Gasteiger partial charge in [0.15, 0.2) is 5.82 Å². The Morgan fingerprint density at radius 2 is 1.42 bits per heavy atom. The molecule has 0 atom stereocenters. The first-order valence-electron chi connectivity index (χ1n) is 13.6. The van der Waals surface area contributed by atoms with Gasteiger partial charge in [0.1, 0.15) is 0 Å². The molecule has 3 nitrogen and oxygen atoms in total. The normalized spacial score (nSPS) is 14.3. The highest BCUT2D eigenvalue weighted by Crippen LogP contribution is 2.43. The highest BCUT2D eigenvalue weighted by Gasteiger charge is 2.21. The number of nitrogens with zero attached hydrogens (tertiary/aromatic N) is 3. The topological polar surface area (TPSA) is 38.7 Å². The Kier molecular flexibility index (Phi) is 5.98. The summed E-state index contributed by atoms with van der Waals surface area (Å²) >= 11 is 1.83. The minimum atomic E-state index is 0.670. The predicted molar refractivity (Wildman–Crippen MR) is 160 cm³/mol. The summed E-state index contributed by atoms with van der Waals surface area (Å²) in [4.78, 5) is 15.0. The second-order valence-electron chi connectivity index (χ2n) is 10.4. The molecule has 1 aliphatic carbocycles. The highest BCUT2D eigenvalue weighted by molar-refractivity contribution is 7.25. The first-order valence-corrected chi connectivity index (χ1v) is 14.4. The molecule has 38 heavy (non-hydrogen) atoms. The third-order valence-corrected chi connectivity index (χ3v) is 9.07. The summed E-state index contributed by atoms with van der Waals surface area (Å²) in [6.07, 6.45) is 10.7. The maximum absolute atomic E-state index is 5.20. The minimum absolute atomic E-state index is 0.670. The van der Waals surface area contributed by atoms with E-state index in [9.17, 15) is 0 Å². The molecule has 4 heteroatoms. The van der Waals surface area contributed by atoms with Crippen molar-refractivity contribution in [3.05, 3.63) is 102 Å². The van der Waals surface area contributed by atoms with Gasteiger partial charge in [-0.05, 0) is 43.4 Å². The van der Waals surface area contributed by atoms with E-state index in [1.807, 2.05) is 48.0 Å². The van der Waals surface area contributed by atoms with Crippen LogP contribution in [0.3, 0.4) is 0 Å². The van der Waals surface area contributed by atoms with Crippen molar-refractivity contribution in [1.29, 1.82) is 0 Å². The second-order valence-corrected chi connectivity index (χ2v) is 11.4. The average molecular weight is 512 g/mol. The molecule has 0 saturated heterocycles. The fourth-order valence-corrected chi connectivity index (χ4v) is 7.07. The molecular weight excluding hydrogens is 482 g/mol. The summed E-state index contributed by atoms with van der Waals surface area (Å²) in [5.74, 6) is 1.41. The lowest BCUT2D eigenvalue weighted by Gasteiger charge is -2.22. The van der Waals surface area contributed by atoms with E-state index in [2.05, 4.69) is 61.5 Å². The van der Waals surface area contributed by atoms with Crippen LogP contribution in [0, 0.1) is 6.92 Å². The van der Waals surface area contributed by atoms with Crippen molar-refractivity contribution in [3.8, 4) is 33.9 Å². The van der Waals surface area contributed by atoms with Crippen LogP contribution >= 0.6 is 11.3 Å². The third kappa shape index (κ3) is 4.10. The number of thiophene rings is 1. The number of pyridine rings is 1. The SMILES string of the molecule is Cc1c(-c2ccccc2)nc(-c2ccccc2)nc1-c1cncc2sc3ccc(C4CCCCC4)cc3c12. The summed E-state index contributed by atoms with van der Waals surface area (Å²) < 4.78 is 2.52. The van der Waals surface area contributed by atoms with Crippen LogP contribution < -0.4 is 0 Å². The molecule has 0 amide bonds. The second kappa shape index (κ2) is 9.77. The zero-order valence-electron chi connectivity index (χ0n) is 21.5. The maximum Gasteiger partial charge on any atom is 0.160 e. The van der Waals surface area contributed by atoms with Crippen LogP contribution in [0.5, 0.6) is 0 Å². The molecule has 3 heterocycles. The molecule has 0 aliphatic heterocycles. The molecule has 0 spiro atoms. The van der Waals surface area contributed by atoms with E-state index in [0.29, 0.717) is 5.92 Å². The molecule has 1 aliphatic rings. The van der Waals surface area contributed by atoms with Gasteiger partial charge in [-0.15, -0.1) is 11.3 Å². The lowest BCUT2D eigenvalue weighted by atomic mass is 9.83. The van der Waals surface area contributed by atoms with Crippen molar-refractivity contribution in [2.75, 3.05) is 0 Å². The van der Waals surface area contributed by atoms with Crippen LogP contribution in [0.25, 0.3) is 54.1 Å². The van der Waals surface area contributed by atoms with Crippen LogP contribution in [0.1, 0.15) is 49.1 Å². The molecule has 3 aromatic heterocycles. The molecule has 186 valence electrons. The lowest BCUT2D eigenvalue weighted by molar-refractivity contribution is 0.444. The Morgan fingerprint density at radius 1 is 0.711 bits per heavy atom. The molecule has 0 radical (unpaired) electrons. The van der Waals surface area contributed by atoms with Gasteiger partial charge in [-0.2, -0.15) is 0 Å². The number of rotatable bonds is 4. The van der Waals surface area contributed by atoms with Gasteiger partial charge < -0.3 is 0 Å². The first-order chi connectivity index (χ1) is 18.8. The number of hydrogen-bond donors (Lipinski definition) is 0. The van der Waals surface area contributed by atoms with Gasteiger partial charge in [-0.1, -0.05) is 86.0 Å². The molecule has 3 aromatic carbocycles. The Balaban J connectivity index is 1.49. The van der Waals surface area contributed by atoms with Crippen molar-refractivity contribution in [3.63, 3.8) is 0 Å². The van der Waals surface area contributed by atoms with Gasteiger partial charge in [0.2, 0.25) is 0 Å². The van der Waals surface area contributed by atoms with Gasteiger partial charge in [-0.25, -0.2) is 9.97 Å². The van der Waals surface area contributed by atoms with Crippen LogP contribution in [0.15, 0.2) is 91.3 Å². The Morgan fingerprint density at radius 3 is 2.18 bits per heavy atom. The van der Waals surface area contributed by atoms with E-state index < -0.39 is 0 Å². The van der Waals surface area contributed by atoms with E-state index in [4.69, 9.17) is 15.0 Å². The van der Waals surface area contributed by atoms with Crippen molar-refractivity contribution in [2.45, 2.75) is 44.9 Å². The van der Waals surface area contributed by atoms with Crippen LogP contribution in [0.2, 0.25) is 0 Å².